The van der Waals surface area contributed by atoms with Crippen LogP contribution in [0.25, 0.3) is 0 Å². The molecule has 3 aliphatic rings. The van der Waals surface area contributed by atoms with Crippen molar-refractivity contribution in [3.05, 3.63) is 0 Å². The summed E-state index contributed by atoms with van der Waals surface area (Å²) in [4.78, 5) is 2.81. The second-order valence-corrected chi connectivity index (χ2v) is 6.78. The van der Waals surface area contributed by atoms with Gasteiger partial charge in [0.15, 0.2) is 0 Å². The Labute approximate surface area is 106 Å². The standard InChI is InChI=1S/C15H28N2/c1-2-7-17(10-12-3-4-12)15(11-16)9-13-5-6-14(15)8-13/h12-14H,2-11,16H2,1H3. The Bertz CT molecular complexity index is 274. The summed E-state index contributed by atoms with van der Waals surface area (Å²) in [6.07, 6.45) is 10.0. The van der Waals surface area contributed by atoms with Crippen molar-refractivity contribution in [2.24, 2.45) is 23.5 Å². The smallest absolute Gasteiger partial charge is 0.0362 e. The van der Waals surface area contributed by atoms with Crippen LogP contribution in [0.4, 0.5) is 0 Å². The van der Waals surface area contributed by atoms with Gasteiger partial charge < -0.3 is 5.73 Å². The summed E-state index contributed by atoms with van der Waals surface area (Å²) in [7, 11) is 0. The molecule has 2 bridgehead atoms. The largest absolute Gasteiger partial charge is 0.329 e. The van der Waals surface area contributed by atoms with Crippen LogP contribution >= 0.6 is 0 Å². The average Bonchev–Trinajstić information content (AvgIpc) is 2.93. The second-order valence-electron chi connectivity index (χ2n) is 6.78. The van der Waals surface area contributed by atoms with E-state index in [1.807, 2.05) is 0 Å². The van der Waals surface area contributed by atoms with E-state index in [1.54, 1.807) is 0 Å². The highest BCUT2D eigenvalue weighted by molar-refractivity contribution is 5.08. The van der Waals surface area contributed by atoms with Crippen molar-refractivity contribution in [1.82, 2.24) is 4.90 Å². The molecule has 3 aliphatic carbocycles. The predicted octanol–water partition coefficient (Wildman–Crippen LogP) is 2.63. The molecule has 2 nitrogen and oxygen atoms in total. The third kappa shape index (κ3) is 2.04. The van der Waals surface area contributed by atoms with Gasteiger partial charge in [0, 0.05) is 18.6 Å². The number of rotatable bonds is 6. The molecule has 17 heavy (non-hydrogen) atoms. The van der Waals surface area contributed by atoms with Crippen LogP contribution in [0.15, 0.2) is 0 Å². The quantitative estimate of drug-likeness (QED) is 0.768. The summed E-state index contributed by atoms with van der Waals surface area (Å²) < 4.78 is 0. The van der Waals surface area contributed by atoms with Gasteiger partial charge in [-0.25, -0.2) is 0 Å². The van der Waals surface area contributed by atoms with Gasteiger partial charge in [-0.1, -0.05) is 13.3 Å². The zero-order valence-electron chi connectivity index (χ0n) is 11.3. The molecule has 0 aromatic rings. The lowest BCUT2D eigenvalue weighted by molar-refractivity contribution is 0.0372. The van der Waals surface area contributed by atoms with Crippen LogP contribution in [0.2, 0.25) is 0 Å². The number of nitrogens with two attached hydrogens (primary N) is 1. The molecule has 3 fully saturated rings. The number of fused-ring (bicyclic) bond motifs is 2. The van der Waals surface area contributed by atoms with E-state index < -0.39 is 0 Å². The summed E-state index contributed by atoms with van der Waals surface area (Å²) in [6, 6.07) is 0. The van der Waals surface area contributed by atoms with Gasteiger partial charge >= 0.3 is 0 Å². The van der Waals surface area contributed by atoms with E-state index >= 15 is 0 Å². The van der Waals surface area contributed by atoms with Crippen molar-refractivity contribution in [2.75, 3.05) is 19.6 Å². The molecular formula is C15H28N2. The Morgan fingerprint density at radius 3 is 2.53 bits per heavy atom. The summed E-state index contributed by atoms with van der Waals surface area (Å²) in [5.74, 6) is 2.93. The molecule has 2 heteroatoms. The van der Waals surface area contributed by atoms with Crippen molar-refractivity contribution in [2.45, 2.75) is 57.4 Å². The van der Waals surface area contributed by atoms with Crippen molar-refractivity contribution in [3.63, 3.8) is 0 Å². The van der Waals surface area contributed by atoms with Gasteiger partial charge in [0.25, 0.3) is 0 Å². The SMILES string of the molecule is CCCN(CC1CC1)C1(CN)CC2CCC1C2. The molecule has 0 aromatic carbocycles. The van der Waals surface area contributed by atoms with Gasteiger partial charge in [0.05, 0.1) is 0 Å². The fraction of sp³-hybridized carbons (Fsp3) is 1.00. The highest BCUT2D eigenvalue weighted by Crippen LogP contribution is 2.53. The van der Waals surface area contributed by atoms with Crippen LogP contribution in [0.5, 0.6) is 0 Å². The highest BCUT2D eigenvalue weighted by Gasteiger charge is 2.53. The first-order chi connectivity index (χ1) is 8.28. The zero-order valence-corrected chi connectivity index (χ0v) is 11.3. The third-order valence-electron chi connectivity index (χ3n) is 5.60. The molecule has 0 amide bonds. The Morgan fingerprint density at radius 1 is 1.24 bits per heavy atom. The maximum atomic E-state index is 6.24. The van der Waals surface area contributed by atoms with Crippen LogP contribution in [-0.4, -0.2) is 30.1 Å². The van der Waals surface area contributed by atoms with E-state index in [0.29, 0.717) is 5.54 Å². The fourth-order valence-electron chi connectivity index (χ4n) is 4.56. The second kappa shape index (κ2) is 4.55. The zero-order chi connectivity index (χ0) is 11.9. The molecule has 0 aromatic heterocycles. The number of hydrogen-bond donors (Lipinski definition) is 1. The van der Waals surface area contributed by atoms with Crippen molar-refractivity contribution in [3.8, 4) is 0 Å². The van der Waals surface area contributed by atoms with E-state index in [0.717, 1.165) is 24.3 Å². The maximum absolute atomic E-state index is 6.24. The lowest BCUT2D eigenvalue weighted by Crippen LogP contribution is -2.58. The van der Waals surface area contributed by atoms with Gasteiger partial charge in [-0.2, -0.15) is 0 Å². The van der Waals surface area contributed by atoms with E-state index in [-0.39, 0.29) is 0 Å². The molecule has 3 rings (SSSR count). The average molecular weight is 236 g/mol. The van der Waals surface area contributed by atoms with Crippen LogP contribution in [0, 0.1) is 17.8 Å². The first-order valence-electron chi connectivity index (χ1n) is 7.73. The van der Waals surface area contributed by atoms with Gasteiger partial charge in [0.2, 0.25) is 0 Å². The Balaban J connectivity index is 1.75. The lowest BCUT2D eigenvalue weighted by Gasteiger charge is -2.47. The molecule has 0 spiro atoms. The molecule has 0 aliphatic heterocycles. The molecule has 2 N–H and O–H groups in total. The fourth-order valence-corrected chi connectivity index (χ4v) is 4.56. The van der Waals surface area contributed by atoms with E-state index in [4.69, 9.17) is 5.73 Å². The predicted molar refractivity (Wildman–Crippen MR) is 71.8 cm³/mol. The lowest BCUT2D eigenvalue weighted by atomic mass is 9.79. The molecule has 0 saturated heterocycles. The molecule has 3 saturated carbocycles. The molecule has 3 atom stereocenters. The van der Waals surface area contributed by atoms with Crippen molar-refractivity contribution in [1.29, 1.82) is 0 Å². The van der Waals surface area contributed by atoms with Gasteiger partial charge in [0.1, 0.15) is 0 Å². The van der Waals surface area contributed by atoms with Crippen molar-refractivity contribution >= 4 is 0 Å². The minimum Gasteiger partial charge on any atom is -0.329 e. The Morgan fingerprint density at radius 2 is 2.06 bits per heavy atom. The van der Waals surface area contributed by atoms with Crippen LogP contribution in [0.1, 0.15) is 51.9 Å². The van der Waals surface area contributed by atoms with E-state index in [1.165, 1.54) is 58.0 Å². The minimum atomic E-state index is 0.404. The molecule has 98 valence electrons. The first kappa shape index (κ1) is 12.0. The van der Waals surface area contributed by atoms with E-state index in [9.17, 15) is 0 Å². The Kier molecular flexibility index (Phi) is 3.20. The molecule has 3 unspecified atom stereocenters. The van der Waals surface area contributed by atoms with Crippen LogP contribution in [-0.2, 0) is 0 Å². The summed E-state index contributed by atoms with van der Waals surface area (Å²) in [6.45, 7) is 5.84. The molecule has 0 radical (unpaired) electrons. The van der Waals surface area contributed by atoms with E-state index in [2.05, 4.69) is 11.8 Å². The summed E-state index contributed by atoms with van der Waals surface area (Å²) in [5.41, 5.74) is 6.65. The summed E-state index contributed by atoms with van der Waals surface area (Å²) in [5, 5.41) is 0. The monoisotopic (exact) mass is 236 g/mol. The Hall–Kier alpha value is -0.0800. The molecular weight excluding hydrogens is 208 g/mol. The highest BCUT2D eigenvalue weighted by atomic mass is 15.2. The molecule has 0 heterocycles. The van der Waals surface area contributed by atoms with Gasteiger partial charge in [-0.05, 0) is 62.8 Å². The normalized spacial score (nSPS) is 40.4. The van der Waals surface area contributed by atoms with Crippen molar-refractivity contribution < 1.29 is 0 Å². The minimum absolute atomic E-state index is 0.404. The number of nitrogens with zero attached hydrogens (tertiary/aromatic N) is 1. The van der Waals surface area contributed by atoms with Gasteiger partial charge in [-0.3, -0.25) is 4.90 Å². The first-order valence-corrected chi connectivity index (χ1v) is 7.73. The van der Waals surface area contributed by atoms with Crippen LogP contribution < -0.4 is 5.73 Å². The maximum Gasteiger partial charge on any atom is 0.0362 e. The van der Waals surface area contributed by atoms with Gasteiger partial charge in [-0.15, -0.1) is 0 Å². The topological polar surface area (TPSA) is 29.3 Å². The van der Waals surface area contributed by atoms with Crippen LogP contribution in [0.3, 0.4) is 0 Å². The summed E-state index contributed by atoms with van der Waals surface area (Å²) >= 11 is 0. The third-order valence-corrected chi connectivity index (χ3v) is 5.60. The number of hydrogen-bond acceptors (Lipinski definition) is 2.